The first kappa shape index (κ1) is 19.9. The van der Waals surface area contributed by atoms with Gasteiger partial charge in [0.2, 0.25) is 0 Å². The molecular weight excluding hydrogens is 372 g/mol. The molecule has 0 atom stereocenters. The standard InChI is InChI=1S/C18H17ClN4O4/c19-14-8-13(6-7-15(14)27-11-16(20)24)10-22-23-18(26)17(25)21-9-12-4-2-1-3-5-12/h1-8,10H,9,11H2,(H2,20,24)(H,21,25)(H,23,26)/b22-10-. The van der Waals surface area contributed by atoms with Gasteiger partial charge in [0.05, 0.1) is 11.2 Å². The maximum Gasteiger partial charge on any atom is 0.329 e. The second-order valence-corrected chi connectivity index (χ2v) is 5.72. The Morgan fingerprint density at radius 3 is 2.52 bits per heavy atom. The van der Waals surface area contributed by atoms with Crippen molar-refractivity contribution in [1.29, 1.82) is 0 Å². The van der Waals surface area contributed by atoms with Gasteiger partial charge in [0.25, 0.3) is 5.91 Å². The van der Waals surface area contributed by atoms with Crippen LogP contribution < -0.4 is 21.2 Å². The minimum absolute atomic E-state index is 0.235. The summed E-state index contributed by atoms with van der Waals surface area (Å²) in [5.74, 6) is -2.03. The zero-order valence-corrected chi connectivity index (χ0v) is 14.9. The molecule has 0 bridgehead atoms. The van der Waals surface area contributed by atoms with Crippen molar-refractivity contribution in [3.63, 3.8) is 0 Å². The molecule has 27 heavy (non-hydrogen) atoms. The highest BCUT2D eigenvalue weighted by Crippen LogP contribution is 2.24. The number of carbonyl (C=O) groups excluding carboxylic acids is 3. The number of nitrogens with two attached hydrogens (primary N) is 1. The Labute approximate surface area is 160 Å². The normalized spacial score (nSPS) is 10.4. The van der Waals surface area contributed by atoms with Crippen LogP contribution in [0.5, 0.6) is 5.75 Å². The lowest BCUT2D eigenvalue weighted by molar-refractivity contribution is -0.139. The SMILES string of the molecule is NC(=O)COc1ccc(/C=N\NC(=O)C(=O)NCc2ccccc2)cc1Cl. The summed E-state index contributed by atoms with van der Waals surface area (Å²) in [6.45, 7) is -0.0551. The smallest absolute Gasteiger partial charge is 0.329 e. The molecule has 0 aliphatic rings. The van der Waals surface area contributed by atoms with Gasteiger partial charge in [-0.05, 0) is 29.3 Å². The van der Waals surface area contributed by atoms with Crippen molar-refractivity contribution in [2.75, 3.05) is 6.61 Å². The summed E-state index contributed by atoms with van der Waals surface area (Å²) in [7, 11) is 0. The first-order valence-electron chi connectivity index (χ1n) is 7.81. The van der Waals surface area contributed by atoms with Crippen molar-refractivity contribution < 1.29 is 19.1 Å². The molecule has 140 valence electrons. The van der Waals surface area contributed by atoms with Crippen LogP contribution in [-0.2, 0) is 20.9 Å². The molecule has 0 heterocycles. The van der Waals surface area contributed by atoms with E-state index in [2.05, 4.69) is 15.8 Å². The van der Waals surface area contributed by atoms with Crippen LogP contribution in [0.4, 0.5) is 0 Å². The van der Waals surface area contributed by atoms with Crippen molar-refractivity contribution in [2.24, 2.45) is 10.8 Å². The Morgan fingerprint density at radius 2 is 1.85 bits per heavy atom. The van der Waals surface area contributed by atoms with E-state index in [1.165, 1.54) is 18.3 Å². The largest absolute Gasteiger partial charge is 0.482 e. The van der Waals surface area contributed by atoms with Crippen LogP contribution in [0, 0.1) is 0 Å². The van der Waals surface area contributed by atoms with E-state index in [0.717, 1.165) is 5.56 Å². The van der Waals surface area contributed by atoms with Gasteiger partial charge in [-0.1, -0.05) is 41.9 Å². The molecule has 0 unspecified atom stereocenters. The highest BCUT2D eigenvalue weighted by atomic mass is 35.5. The number of primary amides is 1. The minimum Gasteiger partial charge on any atom is -0.482 e. The van der Waals surface area contributed by atoms with Gasteiger partial charge < -0.3 is 15.8 Å². The van der Waals surface area contributed by atoms with Crippen molar-refractivity contribution in [1.82, 2.24) is 10.7 Å². The molecule has 2 rings (SSSR count). The molecule has 0 fully saturated rings. The Hall–Kier alpha value is -3.39. The molecule has 0 saturated carbocycles. The molecule has 0 spiro atoms. The predicted molar refractivity (Wildman–Crippen MR) is 100 cm³/mol. The number of halogens is 1. The average Bonchev–Trinajstić information content (AvgIpc) is 2.66. The van der Waals surface area contributed by atoms with E-state index in [1.54, 1.807) is 6.07 Å². The number of benzene rings is 2. The molecule has 0 aliphatic heterocycles. The first-order chi connectivity index (χ1) is 13.0. The van der Waals surface area contributed by atoms with Crippen LogP contribution in [0.25, 0.3) is 0 Å². The molecule has 0 aliphatic carbocycles. The van der Waals surface area contributed by atoms with Crippen LogP contribution in [0.15, 0.2) is 53.6 Å². The summed E-state index contributed by atoms with van der Waals surface area (Å²) in [6, 6.07) is 13.8. The first-order valence-corrected chi connectivity index (χ1v) is 8.19. The summed E-state index contributed by atoms with van der Waals surface area (Å²) >= 11 is 6.01. The highest BCUT2D eigenvalue weighted by Gasteiger charge is 2.11. The van der Waals surface area contributed by atoms with Gasteiger partial charge in [0.15, 0.2) is 6.61 Å². The number of hydrogen-bond donors (Lipinski definition) is 3. The third-order valence-corrected chi connectivity index (χ3v) is 3.50. The third-order valence-electron chi connectivity index (χ3n) is 3.21. The zero-order valence-electron chi connectivity index (χ0n) is 14.1. The molecular formula is C18H17ClN4O4. The molecule has 4 N–H and O–H groups in total. The summed E-state index contributed by atoms with van der Waals surface area (Å²) in [4.78, 5) is 34.1. The van der Waals surface area contributed by atoms with Crippen LogP contribution >= 0.6 is 11.6 Å². The number of hydrazone groups is 1. The maximum atomic E-state index is 11.7. The van der Waals surface area contributed by atoms with Crippen LogP contribution in [0.3, 0.4) is 0 Å². The fourth-order valence-corrected chi connectivity index (χ4v) is 2.18. The van der Waals surface area contributed by atoms with Gasteiger partial charge in [-0.15, -0.1) is 0 Å². The predicted octanol–water partition coefficient (Wildman–Crippen LogP) is 0.971. The Morgan fingerprint density at radius 1 is 1.11 bits per heavy atom. The molecule has 0 radical (unpaired) electrons. The molecule has 3 amide bonds. The van der Waals surface area contributed by atoms with E-state index in [0.29, 0.717) is 5.56 Å². The zero-order chi connectivity index (χ0) is 19.6. The van der Waals surface area contributed by atoms with Crippen molar-refractivity contribution in [2.45, 2.75) is 6.54 Å². The van der Waals surface area contributed by atoms with Crippen molar-refractivity contribution in [3.05, 3.63) is 64.7 Å². The monoisotopic (exact) mass is 388 g/mol. The molecule has 8 nitrogen and oxygen atoms in total. The minimum atomic E-state index is -0.894. The highest BCUT2D eigenvalue weighted by molar-refractivity contribution is 6.35. The van der Waals surface area contributed by atoms with E-state index in [-0.39, 0.29) is 23.9 Å². The van der Waals surface area contributed by atoms with Gasteiger partial charge >= 0.3 is 11.8 Å². The van der Waals surface area contributed by atoms with Gasteiger partial charge in [0.1, 0.15) is 5.75 Å². The average molecular weight is 389 g/mol. The number of rotatable bonds is 7. The number of ether oxygens (including phenoxy) is 1. The second kappa shape index (κ2) is 9.93. The number of nitrogens with one attached hydrogen (secondary N) is 2. The maximum absolute atomic E-state index is 11.7. The van der Waals surface area contributed by atoms with Crippen molar-refractivity contribution in [3.8, 4) is 5.75 Å². The van der Waals surface area contributed by atoms with Gasteiger partial charge in [0, 0.05) is 6.54 Å². The molecule has 9 heteroatoms. The third kappa shape index (κ3) is 6.79. The summed E-state index contributed by atoms with van der Waals surface area (Å²) < 4.78 is 5.12. The number of nitrogens with zero attached hydrogens (tertiary/aromatic N) is 1. The van der Waals surface area contributed by atoms with E-state index in [1.807, 2.05) is 30.3 Å². The number of amides is 3. The number of hydrogen-bond acceptors (Lipinski definition) is 5. The van der Waals surface area contributed by atoms with Gasteiger partial charge in [-0.2, -0.15) is 5.10 Å². The lowest BCUT2D eigenvalue weighted by atomic mass is 10.2. The quantitative estimate of drug-likeness (QED) is 0.371. The molecule has 2 aromatic rings. The Balaban J connectivity index is 1.83. The number of carbonyl (C=O) groups is 3. The molecule has 0 saturated heterocycles. The summed E-state index contributed by atoms with van der Waals surface area (Å²) in [6.07, 6.45) is 1.31. The van der Waals surface area contributed by atoms with E-state index in [4.69, 9.17) is 22.1 Å². The fraction of sp³-hybridized carbons (Fsp3) is 0.111. The molecule has 2 aromatic carbocycles. The van der Waals surface area contributed by atoms with Gasteiger partial charge in [-0.3, -0.25) is 14.4 Å². The van der Waals surface area contributed by atoms with Crippen molar-refractivity contribution >= 4 is 35.5 Å². The topological polar surface area (TPSA) is 123 Å². The fourth-order valence-electron chi connectivity index (χ4n) is 1.94. The summed E-state index contributed by atoms with van der Waals surface area (Å²) in [5.41, 5.74) is 8.54. The van der Waals surface area contributed by atoms with E-state index >= 15 is 0 Å². The van der Waals surface area contributed by atoms with Crippen LogP contribution in [0.1, 0.15) is 11.1 Å². The van der Waals surface area contributed by atoms with Crippen LogP contribution in [-0.4, -0.2) is 30.5 Å². The lowest BCUT2D eigenvalue weighted by Crippen LogP contribution is -2.37. The van der Waals surface area contributed by atoms with Gasteiger partial charge in [-0.25, -0.2) is 5.43 Å². The lowest BCUT2D eigenvalue weighted by Gasteiger charge is -2.06. The van der Waals surface area contributed by atoms with Crippen LogP contribution in [0.2, 0.25) is 5.02 Å². The Kier molecular flexibility index (Phi) is 7.33. The second-order valence-electron chi connectivity index (χ2n) is 5.31. The summed E-state index contributed by atoms with van der Waals surface area (Å²) in [5, 5.41) is 6.43. The van der Waals surface area contributed by atoms with E-state index < -0.39 is 17.7 Å². The van der Waals surface area contributed by atoms with E-state index in [9.17, 15) is 14.4 Å². The Bertz CT molecular complexity index is 856. The molecule has 0 aromatic heterocycles.